The number of benzene rings is 2. The van der Waals surface area contributed by atoms with Crippen molar-refractivity contribution >= 4 is 46.8 Å². The van der Waals surface area contributed by atoms with Crippen LogP contribution in [0.2, 0.25) is 5.02 Å². The van der Waals surface area contributed by atoms with Crippen LogP contribution in [0, 0.1) is 12.7 Å². The fourth-order valence-electron chi connectivity index (χ4n) is 4.42. The molecule has 4 N–H and O–H groups in total. The van der Waals surface area contributed by atoms with Gasteiger partial charge in [-0.25, -0.2) is 9.11 Å². The van der Waals surface area contributed by atoms with Crippen LogP contribution in [0.25, 0.3) is 0 Å². The zero-order valence-electron chi connectivity index (χ0n) is 24.0. The molecule has 5 rings (SSSR count). The molecule has 1 amide bonds. The topological polar surface area (TPSA) is 96.4 Å². The van der Waals surface area contributed by atoms with Gasteiger partial charge in [-0.15, -0.1) is 0 Å². The molecule has 0 atom stereocenters. The van der Waals surface area contributed by atoms with Crippen molar-refractivity contribution in [1.29, 1.82) is 0 Å². The fourth-order valence-corrected chi connectivity index (χ4v) is 5.07. The molecular weight excluding hydrogens is 565 g/mol. The number of carbonyl (C=O) groups is 1. The zero-order valence-corrected chi connectivity index (χ0v) is 25.6. The smallest absolute Gasteiger partial charge is 0.259 e. The summed E-state index contributed by atoms with van der Waals surface area (Å²) in [6.07, 6.45) is 3.38. The molecule has 3 aromatic rings. The second-order valence-corrected chi connectivity index (χ2v) is 11.0. The first-order chi connectivity index (χ1) is 19.8. The molecule has 41 heavy (non-hydrogen) atoms. The van der Waals surface area contributed by atoms with Crippen molar-refractivity contribution in [2.24, 2.45) is 0 Å². The summed E-state index contributed by atoms with van der Waals surface area (Å²) in [5.74, 6) is -0.289. The number of halogens is 2. The van der Waals surface area contributed by atoms with Gasteiger partial charge in [0, 0.05) is 24.7 Å². The molecule has 0 bridgehead atoms. The van der Waals surface area contributed by atoms with Crippen molar-refractivity contribution in [2.75, 3.05) is 17.1 Å². The van der Waals surface area contributed by atoms with Crippen LogP contribution in [0.3, 0.4) is 0 Å². The molecule has 2 fully saturated rings. The molecule has 220 valence electrons. The number of carbonyl (C=O) groups excluding carboxylic acids is 1. The Bertz CT molecular complexity index is 1470. The number of pyridine rings is 1. The quantitative estimate of drug-likeness (QED) is 0.169. The minimum absolute atomic E-state index is 0.0390. The molecule has 0 spiro atoms. The Morgan fingerprint density at radius 3 is 2.49 bits per heavy atom. The second-order valence-electron chi connectivity index (χ2n) is 9.77. The molecule has 0 saturated heterocycles. The Morgan fingerprint density at radius 1 is 1.15 bits per heavy atom. The van der Waals surface area contributed by atoms with Gasteiger partial charge in [-0.05, 0) is 82.3 Å². The fraction of sp³-hybridized carbons (Fsp3) is 0.400. The van der Waals surface area contributed by atoms with E-state index in [0.717, 1.165) is 31.2 Å². The number of rotatable bonds is 11. The van der Waals surface area contributed by atoms with Crippen LogP contribution in [-0.2, 0) is 6.54 Å². The summed E-state index contributed by atoms with van der Waals surface area (Å²) in [4.78, 5) is 27.7. The lowest BCUT2D eigenvalue weighted by molar-refractivity contribution is 0.0948. The van der Waals surface area contributed by atoms with Gasteiger partial charge < -0.3 is 20.1 Å². The highest BCUT2D eigenvalue weighted by Crippen LogP contribution is 2.48. The molecule has 2 saturated carbocycles. The maximum atomic E-state index is 15.0. The molecular formula is C30H37ClFN5O3S. The Hall–Kier alpha value is -3.21. The lowest BCUT2D eigenvalue weighted by Gasteiger charge is -2.24. The number of nitrogens with one attached hydrogen (secondary N) is 4. The Balaban J connectivity index is 0.00000189. The summed E-state index contributed by atoms with van der Waals surface area (Å²) >= 11 is 7.93. The second kappa shape index (κ2) is 13.6. The van der Waals surface area contributed by atoms with E-state index in [9.17, 15) is 14.0 Å². The molecule has 2 aromatic carbocycles. The molecule has 2 aliphatic rings. The summed E-state index contributed by atoms with van der Waals surface area (Å²) in [5, 5.41) is 6.39. The van der Waals surface area contributed by atoms with Crippen LogP contribution in [0.1, 0.15) is 73.9 Å². The Kier molecular flexibility index (Phi) is 10.2. The summed E-state index contributed by atoms with van der Waals surface area (Å²) in [7, 11) is 1.77. The number of anilines is 3. The summed E-state index contributed by atoms with van der Waals surface area (Å²) in [5.41, 5.74) is 1.83. The number of aryl methyl sites for hydroxylation is 1. The molecule has 1 aromatic heterocycles. The van der Waals surface area contributed by atoms with Crippen molar-refractivity contribution < 1.29 is 13.9 Å². The molecule has 0 aliphatic heterocycles. The van der Waals surface area contributed by atoms with Crippen molar-refractivity contribution in [3.05, 3.63) is 74.3 Å². The van der Waals surface area contributed by atoms with E-state index in [0.29, 0.717) is 22.0 Å². The summed E-state index contributed by atoms with van der Waals surface area (Å²) in [6.45, 7) is 7.89. The average Bonchev–Trinajstić information content (AvgIpc) is 3.89. The van der Waals surface area contributed by atoms with Gasteiger partial charge in [-0.3, -0.25) is 14.2 Å². The monoisotopic (exact) mass is 601 g/mol. The highest BCUT2D eigenvalue weighted by molar-refractivity contribution is 7.98. The highest BCUT2D eigenvalue weighted by Gasteiger charge is 2.38. The van der Waals surface area contributed by atoms with Crippen LogP contribution < -0.4 is 30.4 Å². The number of hydrogen-bond acceptors (Lipinski definition) is 7. The van der Waals surface area contributed by atoms with Crippen LogP contribution in [-0.4, -0.2) is 23.6 Å². The van der Waals surface area contributed by atoms with E-state index >= 15 is 0 Å². The minimum atomic E-state index is -0.490. The standard InChI is InChI=1S/C28H31ClFN5O3S.C2H6/c1-4-35-26(33-19-13-8-15(2)14-18(19)30)23(27(36)32-17-11-12-17)25(22(28(35)37)16-9-10-16)38-21-7-5-6-20(24(21)29)34-39-31-3;1-2/h5-8,13-14,16-17,31,33-34H,4,9-12H2,1-3H3,(H,32,36);1-2H3. The van der Waals surface area contributed by atoms with E-state index in [4.69, 9.17) is 16.3 Å². The maximum absolute atomic E-state index is 15.0. The van der Waals surface area contributed by atoms with E-state index in [1.807, 2.05) is 20.8 Å². The molecule has 0 unspecified atom stereocenters. The van der Waals surface area contributed by atoms with Crippen LogP contribution in [0.15, 0.2) is 41.2 Å². The van der Waals surface area contributed by atoms with Crippen molar-refractivity contribution in [2.45, 2.75) is 71.9 Å². The van der Waals surface area contributed by atoms with E-state index in [2.05, 4.69) is 20.1 Å². The molecule has 0 radical (unpaired) electrons. The number of nitrogens with zero attached hydrogens (tertiary/aromatic N) is 1. The molecule has 1 heterocycles. The lowest BCUT2D eigenvalue weighted by Crippen LogP contribution is -2.33. The number of amides is 1. The third kappa shape index (κ3) is 6.99. The Morgan fingerprint density at radius 2 is 1.88 bits per heavy atom. The Labute approximate surface area is 249 Å². The SMILES string of the molecule is CC.CCn1c(Nc2ccc(C)cc2F)c(C(=O)NC2CC2)c(Oc2cccc(NSNC)c2Cl)c(C2CC2)c1=O. The first-order valence-corrected chi connectivity index (χ1v) is 15.2. The predicted octanol–water partition coefficient (Wildman–Crippen LogP) is 7.50. The number of hydrogen-bond donors (Lipinski definition) is 4. The van der Waals surface area contributed by atoms with E-state index in [1.54, 1.807) is 44.3 Å². The van der Waals surface area contributed by atoms with Crippen molar-refractivity contribution in [3.63, 3.8) is 0 Å². The third-order valence-corrected chi connectivity index (χ3v) is 7.63. The van der Waals surface area contributed by atoms with E-state index in [1.165, 1.54) is 22.8 Å². The van der Waals surface area contributed by atoms with Crippen LogP contribution >= 0.6 is 23.7 Å². The van der Waals surface area contributed by atoms with Gasteiger partial charge in [-0.1, -0.05) is 37.6 Å². The molecule has 11 heteroatoms. The number of ether oxygens (including phenoxy) is 1. The van der Waals surface area contributed by atoms with Gasteiger partial charge in [0.15, 0.2) is 5.75 Å². The molecule has 8 nitrogen and oxygen atoms in total. The van der Waals surface area contributed by atoms with Crippen molar-refractivity contribution in [3.8, 4) is 11.5 Å². The van der Waals surface area contributed by atoms with Crippen LogP contribution in [0.4, 0.5) is 21.6 Å². The van der Waals surface area contributed by atoms with Crippen molar-refractivity contribution in [1.82, 2.24) is 14.6 Å². The van der Waals surface area contributed by atoms with E-state index < -0.39 is 5.82 Å². The van der Waals surface area contributed by atoms with E-state index in [-0.39, 0.29) is 52.8 Å². The van der Waals surface area contributed by atoms with Gasteiger partial charge >= 0.3 is 0 Å². The summed E-state index contributed by atoms with van der Waals surface area (Å²) < 4.78 is 28.9. The number of aromatic nitrogens is 1. The first kappa shape index (κ1) is 30.7. The predicted molar refractivity (Wildman–Crippen MR) is 166 cm³/mol. The van der Waals surface area contributed by atoms with Crippen LogP contribution in [0.5, 0.6) is 11.5 Å². The van der Waals surface area contributed by atoms with Gasteiger partial charge in [0.25, 0.3) is 11.5 Å². The van der Waals surface area contributed by atoms with Gasteiger partial charge in [-0.2, -0.15) is 0 Å². The summed E-state index contributed by atoms with van der Waals surface area (Å²) in [6, 6.07) is 10.1. The minimum Gasteiger partial charge on any atom is -0.454 e. The normalized spacial score (nSPS) is 14.1. The first-order valence-electron chi connectivity index (χ1n) is 14.0. The maximum Gasteiger partial charge on any atom is 0.259 e. The highest BCUT2D eigenvalue weighted by atomic mass is 35.5. The molecule has 2 aliphatic carbocycles. The third-order valence-electron chi connectivity index (χ3n) is 6.71. The average molecular weight is 602 g/mol. The van der Waals surface area contributed by atoms with Gasteiger partial charge in [0.05, 0.1) is 16.9 Å². The van der Waals surface area contributed by atoms with Gasteiger partial charge in [0.1, 0.15) is 28.0 Å². The largest absolute Gasteiger partial charge is 0.454 e. The van der Waals surface area contributed by atoms with Gasteiger partial charge in [0.2, 0.25) is 0 Å². The lowest BCUT2D eigenvalue weighted by atomic mass is 10.0. The zero-order chi connectivity index (χ0) is 29.7.